The van der Waals surface area contributed by atoms with Crippen molar-refractivity contribution in [3.05, 3.63) is 11.9 Å². The van der Waals surface area contributed by atoms with E-state index >= 15 is 0 Å². The molecule has 8 fully saturated rings. The molecule has 0 amide bonds. The molecule has 0 aromatic carbocycles. The van der Waals surface area contributed by atoms with Crippen molar-refractivity contribution in [3.63, 3.8) is 0 Å². The van der Waals surface area contributed by atoms with Crippen LogP contribution < -0.4 is 5.32 Å². The van der Waals surface area contributed by atoms with E-state index in [1.54, 1.807) is 4.68 Å². The lowest BCUT2D eigenvalue weighted by Gasteiger charge is -2.73. The van der Waals surface area contributed by atoms with Crippen LogP contribution in [0.5, 0.6) is 0 Å². The average Bonchev–Trinajstić information content (AvgIpc) is 4.04. The van der Waals surface area contributed by atoms with E-state index in [0.717, 1.165) is 106 Å². The number of carbonyl (C=O) groups is 1. The monoisotopic (exact) mass is 1010 g/mol. The number of hydrogen-bond donors (Lipinski definition) is 4. The second-order valence-corrected chi connectivity index (χ2v) is 30.3. The molecule has 1 aliphatic heterocycles. The minimum atomic E-state index is -3.33. The first kappa shape index (κ1) is 51.8. The summed E-state index contributed by atoms with van der Waals surface area (Å²) < 4.78 is 26.0. The van der Waals surface area contributed by atoms with Crippen molar-refractivity contribution in [1.82, 2.24) is 20.3 Å². The number of nitrogens with zero attached hydrogens (tertiary/aromatic N) is 3. The van der Waals surface area contributed by atoms with Crippen molar-refractivity contribution in [2.75, 3.05) is 26.4 Å². The molecule has 11 nitrogen and oxygen atoms in total. The predicted molar refractivity (Wildman–Crippen MR) is 274 cm³/mol. The van der Waals surface area contributed by atoms with Crippen molar-refractivity contribution in [3.8, 4) is 0 Å². The highest BCUT2D eigenvalue weighted by molar-refractivity contribution is 8.47. The number of aryl methyl sites for hydroxylation is 2. The van der Waals surface area contributed by atoms with Gasteiger partial charge in [0.05, 0.1) is 37.3 Å². The van der Waals surface area contributed by atoms with Crippen LogP contribution in [-0.4, -0.2) is 69.6 Å². The minimum Gasteiger partial charge on any atom is -0.324 e. The Kier molecular flexibility index (Phi) is 16.3. The van der Waals surface area contributed by atoms with Crippen molar-refractivity contribution in [2.24, 2.45) is 56.2 Å². The Balaban J connectivity index is 0.809. The van der Waals surface area contributed by atoms with Crippen LogP contribution in [-0.2, 0) is 47.7 Å². The first-order valence-electron chi connectivity index (χ1n) is 27.5. The topological polar surface area (TPSA) is 137 Å². The van der Waals surface area contributed by atoms with E-state index in [0.29, 0.717) is 71.3 Å². The number of aromatic nitrogens is 3. The van der Waals surface area contributed by atoms with Crippen LogP contribution in [0.15, 0.2) is 6.20 Å². The third-order valence-corrected chi connectivity index (χ3v) is 24.4. The molecule has 2 heterocycles. The molecule has 4 bridgehead atoms. The molecule has 1 saturated heterocycles. The molecule has 380 valence electrons. The van der Waals surface area contributed by atoms with Gasteiger partial charge in [0.2, 0.25) is 0 Å². The molecule has 9 rings (SSSR count). The van der Waals surface area contributed by atoms with E-state index < -0.39 is 13.9 Å². The first-order valence-corrected chi connectivity index (χ1v) is 32.8. The molecule has 2 spiro atoms. The van der Waals surface area contributed by atoms with Crippen LogP contribution in [0.1, 0.15) is 206 Å². The molecule has 8 aliphatic rings. The molecule has 14 atom stereocenters. The summed E-state index contributed by atoms with van der Waals surface area (Å²) >= 11 is 10.1. The Bertz CT molecular complexity index is 1890. The van der Waals surface area contributed by atoms with E-state index in [2.05, 4.69) is 48.6 Å². The van der Waals surface area contributed by atoms with Crippen molar-refractivity contribution in [1.29, 1.82) is 0 Å². The summed E-state index contributed by atoms with van der Waals surface area (Å²) in [4.78, 5) is 32.8. The molecule has 1 aromatic rings. The minimum absolute atomic E-state index is 0.0252. The number of nitrogens with one attached hydrogen (secondary N) is 1. The van der Waals surface area contributed by atoms with Gasteiger partial charge in [0.15, 0.2) is 0 Å². The molecule has 9 unspecified atom stereocenters. The molecule has 67 heavy (non-hydrogen) atoms. The quantitative estimate of drug-likeness (QED) is 0.0259. The zero-order valence-corrected chi connectivity index (χ0v) is 45.2. The molecule has 1 aromatic heterocycles. The van der Waals surface area contributed by atoms with Crippen molar-refractivity contribution >= 4 is 44.2 Å². The zero-order chi connectivity index (χ0) is 47.0. The molecule has 3 N–H and O–H groups in total. The Labute approximate surface area is 415 Å². The average molecular weight is 1010 g/mol. The first-order chi connectivity index (χ1) is 32.1. The standard InChI is InChI=1S/C52H88N4O7P2S2/c1-4-5-22-49-34-42(33-47(49,2)21-14-29-60-64(58,66)62-38-45-17-13-25-53-45)48(3)30-40-31-50(48,39-49)35-43-36-52(24-8-7-23-51(43,52)32-40)41-15-12-18-46(20-19-41)63-65(59,67)61-28-11-6-16-44-37-56(55-54-44)26-9-10-27-57/h27,37,40-43,45-46,53,58,66H,4-26,28-36,38-39H2,1-3H3/p+1/t40?,41-,42-,43-,45+,46?,47?,48?,49?,50-,51?,52?,64?,65?/m1/s1. The largest absolute Gasteiger partial charge is 0.475 e. The summed E-state index contributed by atoms with van der Waals surface area (Å²) in [5, 5.41) is 11.9. The maximum atomic E-state index is 11.2. The number of thiol groups is 1. The number of aldehydes is 1. The van der Waals surface area contributed by atoms with Gasteiger partial charge in [-0.2, -0.15) is 13.9 Å². The van der Waals surface area contributed by atoms with Gasteiger partial charge in [-0.1, -0.05) is 58.1 Å². The van der Waals surface area contributed by atoms with Crippen LogP contribution >= 0.6 is 26.1 Å². The molecule has 7 aliphatic carbocycles. The molecule has 0 radical (unpaired) electrons. The molecule has 15 heteroatoms. The molecule has 7 saturated carbocycles. The highest BCUT2D eigenvalue weighted by Gasteiger charge is 2.77. The Hall–Kier alpha value is -0.0400. The number of carbonyl (C=O) groups excluding carboxylic acids is 1. The summed E-state index contributed by atoms with van der Waals surface area (Å²) in [6, 6.07) is 0.293. The lowest BCUT2D eigenvalue weighted by atomic mass is 9.32. The smallest absolute Gasteiger partial charge is 0.324 e. The third kappa shape index (κ3) is 10.4. The van der Waals surface area contributed by atoms with Crippen LogP contribution in [0.4, 0.5) is 0 Å². The second kappa shape index (κ2) is 21.1. The summed E-state index contributed by atoms with van der Waals surface area (Å²) in [6.07, 6.45) is 37.7. The summed E-state index contributed by atoms with van der Waals surface area (Å²) in [5.41, 5.74) is 3.48. The van der Waals surface area contributed by atoms with E-state index in [1.807, 2.05) is 6.20 Å². The molecular formula is C52H89N4O7P2S2+. The van der Waals surface area contributed by atoms with Crippen LogP contribution in [0.2, 0.25) is 0 Å². The fourth-order valence-corrected chi connectivity index (χ4v) is 21.0. The van der Waals surface area contributed by atoms with Crippen LogP contribution in [0, 0.1) is 56.2 Å². The Morgan fingerprint density at radius 1 is 0.896 bits per heavy atom. The lowest BCUT2D eigenvalue weighted by molar-refractivity contribution is -0.237. The Morgan fingerprint density at radius 2 is 1.73 bits per heavy atom. The third-order valence-electron chi connectivity index (χ3n) is 21.1. The number of unbranched alkanes of at least 4 members (excludes halogenated alkanes) is 3. The van der Waals surface area contributed by atoms with E-state index in [9.17, 15) is 14.6 Å². The van der Waals surface area contributed by atoms with Gasteiger partial charge in [-0.25, -0.2) is 0 Å². The van der Waals surface area contributed by atoms with Gasteiger partial charge < -0.3 is 24.1 Å². The van der Waals surface area contributed by atoms with Gasteiger partial charge >= 0.3 is 13.9 Å². The Morgan fingerprint density at radius 3 is 2.52 bits per heavy atom. The number of hydrogen-bond acceptors (Lipinski definition) is 11. The summed E-state index contributed by atoms with van der Waals surface area (Å²) in [6.45, 7) is 7.64. The van der Waals surface area contributed by atoms with E-state index in [-0.39, 0.29) is 6.10 Å². The van der Waals surface area contributed by atoms with E-state index in [1.165, 1.54) is 116 Å². The van der Waals surface area contributed by atoms with E-state index in [4.69, 9.17) is 29.9 Å². The van der Waals surface area contributed by atoms with Crippen molar-refractivity contribution < 1.29 is 32.7 Å². The predicted octanol–water partition coefficient (Wildman–Crippen LogP) is 12.7. The van der Waals surface area contributed by atoms with Gasteiger partial charge in [0.25, 0.3) is 0 Å². The maximum Gasteiger partial charge on any atom is 0.475 e. The summed E-state index contributed by atoms with van der Waals surface area (Å²) in [5.74, 6) is 3.27. The zero-order valence-electron chi connectivity index (χ0n) is 41.7. The van der Waals surface area contributed by atoms with Gasteiger partial charge in [0, 0.05) is 25.2 Å². The second-order valence-electron chi connectivity index (χ2n) is 24.5. The normalized spacial score (nSPS) is 41.8. The van der Waals surface area contributed by atoms with Gasteiger partial charge in [-0.05, 0) is 222 Å². The van der Waals surface area contributed by atoms with Gasteiger partial charge in [-0.3, -0.25) is 4.68 Å². The summed E-state index contributed by atoms with van der Waals surface area (Å²) in [7, 11) is -3.13. The SMILES string of the molecule is CCCCC12C[C@@H](CC1(C)CCCO[P+](O)(S)OC[C@@H]1CCCN1)C1(C)CC3CC45CCCCC4([C@@H]4CCCC(OP(O)(=S)OCCCCc6cn(CCCC=O)nn6)CC4)C[C@H]5C[C@]1(C3)C2. The highest BCUT2D eigenvalue weighted by atomic mass is 32.7. The molecular weight excluding hydrogens is 919 g/mol. The number of fused-ring (bicyclic) bond motifs is 4. The fourth-order valence-electron chi connectivity index (χ4n) is 18.1. The van der Waals surface area contributed by atoms with Gasteiger partial charge in [0.1, 0.15) is 12.9 Å². The van der Waals surface area contributed by atoms with Gasteiger partial charge in [-0.15, -0.1) is 5.10 Å². The van der Waals surface area contributed by atoms with Crippen molar-refractivity contribution in [2.45, 2.75) is 226 Å². The van der Waals surface area contributed by atoms with Crippen LogP contribution in [0.3, 0.4) is 0 Å². The fraction of sp³-hybridized carbons (Fsp3) is 0.942. The maximum absolute atomic E-state index is 11.2. The van der Waals surface area contributed by atoms with Crippen LogP contribution in [0.25, 0.3) is 0 Å². The lowest BCUT2D eigenvalue weighted by Crippen LogP contribution is -2.65. The number of rotatable bonds is 24. The highest BCUT2D eigenvalue weighted by Crippen LogP contribution is 2.86.